The number of nitrogens with zero attached hydrogens (tertiary/aromatic N) is 2. The van der Waals surface area contributed by atoms with Gasteiger partial charge in [0.2, 0.25) is 14.2 Å². The average Bonchev–Trinajstić information content (AvgIpc) is 3.12. The van der Waals surface area contributed by atoms with Gasteiger partial charge in [-0.15, -0.1) is 0 Å². The molecule has 0 aliphatic carbocycles. The minimum absolute atomic E-state index is 0.0408. The van der Waals surface area contributed by atoms with Crippen LogP contribution in [0, 0.1) is 5.92 Å². The maximum Gasteiger partial charge on any atom is 0.411 e. The predicted molar refractivity (Wildman–Crippen MR) is 151 cm³/mol. The summed E-state index contributed by atoms with van der Waals surface area (Å²) in [4.78, 5) is 28.8. The molecule has 0 bridgehead atoms. The summed E-state index contributed by atoms with van der Waals surface area (Å²) < 4.78 is 15.1. The lowest BCUT2D eigenvalue weighted by Gasteiger charge is -2.60. The van der Waals surface area contributed by atoms with Gasteiger partial charge in [0.15, 0.2) is 8.24 Å². The van der Waals surface area contributed by atoms with Crippen LogP contribution in [0.4, 0.5) is 4.79 Å². The van der Waals surface area contributed by atoms with Crippen molar-refractivity contribution in [3.05, 3.63) is 35.9 Å². The van der Waals surface area contributed by atoms with Crippen molar-refractivity contribution in [1.29, 1.82) is 0 Å². The summed E-state index contributed by atoms with van der Waals surface area (Å²) in [6, 6.07) is 8.92. The number of carbonyl (C=O) groups is 2. The quantitative estimate of drug-likeness (QED) is 0.245. The van der Waals surface area contributed by atoms with Gasteiger partial charge in [-0.2, -0.15) is 0 Å². The minimum Gasteiger partial charge on any atom is -0.447 e. The Kier molecular flexibility index (Phi) is 8.53. The van der Waals surface area contributed by atoms with Gasteiger partial charge in [0.1, 0.15) is 12.6 Å². The third-order valence-corrected chi connectivity index (χ3v) is 16.3. The Morgan fingerprint density at radius 3 is 1.86 bits per heavy atom. The third-order valence-electron chi connectivity index (χ3n) is 8.27. The first kappa shape index (κ1) is 28.9. The van der Waals surface area contributed by atoms with Crippen LogP contribution in [-0.2, 0) is 14.0 Å². The predicted octanol–water partition coefficient (Wildman–Crippen LogP) is 6.81. The van der Waals surface area contributed by atoms with E-state index in [9.17, 15) is 9.59 Å². The molecule has 3 rings (SSSR count). The van der Waals surface area contributed by atoms with E-state index >= 15 is 0 Å². The van der Waals surface area contributed by atoms with Crippen molar-refractivity contribution in [3.8, 4) is 0 Å². The smallest absolute Gasteiger partial charge is 0.411 e. The number of carbonyl (C=O) groups excluding carboxylic acids is 2. The van der Waals surface area contributed by atoms with Crippen molar-refractivity contribution in [3.63, 3.8) is 0 Å². The molecule has 0 unspecified atom stereocenters. The fourth-order valence-electron chi connectivity index (χ4n) is 6.80. The first-order chi connectivity index (χ1) is 16.7. The number of hydrogen-bond donors (Lipinski definition) is 0. The molecule has 2 saturated heterocycles. The second kappa shape index (κ2) is 10.6. The molecule has 0 N–H and O–H groups in total. The summed E-state index contributed by atoms with van der Waals surface area (Å²) in [6.45, 7) is 25.1. The highest BCUT2D eigenvalue weighted by molar-refractivity contribution is 6.78. The standard InChI is InChI=1S/C28H48N2O4Si2/c1-18(2)26(34-36(19(3)4,20(5)6)21(7)8)24-25(27(31)30(24)35(9,10)11)29-23(17-33-28(29)32)22-15-13-12-14-16-22/h12-16,18-21,23-26H,17H2,1-11H3/t23-,24+,25-,26+/m1/s1. The van der Waals surface area contributed by atoms with Crippen LogP contribution in [0.15, 0.2) is 30.3 Å². The van der Waals surface area contributed by atoms with E-state index in [2.05, 4.69) is 79.6 Å². The van der Waals surface area contributed by atoms with E-state index in [1.54, 1.807) is 4.90 Å². The monoisotopic (exact) mass is 532 g/mol. The Morgan fingerprint density at radius 2 is 1.42 bits per heavy atom. The SMILES string of the molecule is CC(C)[C@H](O[Si](C(C)C)(C(C)C)C(C)C)[C@@H]1[C@@H](N2C(=O)OC[C@@H]2c2ccccc2)C(=O)N1[Si](C)(C)C. The summed E-state index contributed by atoms with van der Waals surface area (Å²) in [7, 11) is -4.27. The molecule has 2 amide bonds. The number of amides is 2. The van der Waals surface area contributed by atoms with E-state index in [-0.39, 0.29) is 36.6 Å². The van der Waals surface area contributed by atoms with Gasteiger partial charge in [-0.3, -0.25) is 9.69 Å². The number of benzene rings is 1. The van der Waals surface area contributed by atoms with E-state index in [4.69, 9.17) is 9.16 Å². The second-order valence-corrected chi connectivity index (χ2v) is 23.1. The molecule has 4 atom stereocenters. The molecule has 2 aliphatic rings. The fraction of sp³-hybridized carbons (Fsp3) is 0.714. The molecular weight excluding hydrogens is 484 g/mol. The van der Waals surface area contributed by atoms with Crippen molar-refractivity contribution >= 4 is 28.6 Å². The highest BCUT2D eigenvalue weighted by atomic mass is 28.4. The molecule has 2 heterocycles. The highest BCUT2D eigenvalue weighted by Gasteiger charge is 2.63. The van der Waals surface area contributed by atoms with Gasteiger partial charge in [-0.1, -0.05) is 105 Å². The number of hydrogen-bond acceptors (Lipinski definition) is 4. The summed E-state index contributed by atoms with van der Waals surface area (Å²) >= 11 is 0. The van der Waals surface area contributed by atoms with Crippen LogP contribution in [0.2, 0.25) is 36.3 Å². The van der Waals surface area contributed by atoms with Crippen LogP contribution in [0.3, 0.4) is 0 Å². The topological polar surface area (TPSA) is 59.1 Å². The summed E-state index contributed by atoms with van der Waals surface area (Å²) in [5.41, 5.74) is 2.30. The molecule has 0 spiro atoms. The van der Waals surface area contributed by atoms with Gasteiger partial charge in [0.05, 0.1) is 18.2 Å². The Morgan fingerprint density at radius 1 is 0.889 bits per heavy atom. The van der Waals surface area contributed by atoms with Gasteiger partial charge >= 0.3 is 6.09 Å². The van der Waals surface area contributed by atoms with Gasteiger partial charge in [-0.25, -0.2) is 4.79 Å². The molecule has 0 radical (unpaired) electrons. The van der Waals surface area contributed by atoms with E-state index < -0.39 is 28.7 Å². The summed E-state index contributed by atoms with van der Waals surface area (Å²) in [5.74, 6) is 0.237. The third kappa shape index (κ3) is 4.93. The zero-order chi connectivity index (χ0) is 27.2. The normalized spacial score (nSPS) is 24.2. The van der Waals surface area contributed by atoms with Crippen molar-refractivity contribution < 1.29 is 18.8 Å². The van der Waals surface area contributed by atoms with Gasteiger partial charge in [-0.05, 0) is 28.1 Å². The van der Waals surface area contributed by atoms with E-state index in [1.807, 2.05) is 30.3 Å². The molecule has 1 aromatic rings. The molecule has 1 aromatic carbocycles. The van der Waals surface area contributed by atoms with Crippen LogP contribution in [0.25, 0.3) is 0 Å². The Hall–Kier alpha value is -1.65. The molecule has 202 valence electrons. The molecule has 0 aromatic heterocycles. The number of rotatable bonds is 10. The first-order valence-corrected chi connectivity index (χ1v) is 19.3. The van der Waals surface area contributed by atoms with Gasteiger partial charge in [0.25, 0.3) is 0 Å². The lowest BCUT2D eigenvalue weighted by molar-refractivity contribution is -0.157. The molecular formula is C28H48N2O4Si2. The Labute approximate surface area is 220 Å². The average molecular weight is 533 g/mol. The van der Waals surface area contributed by atoms with Crippen LogP contribution < -0.4 is 0 Å². The maximum absolute atomic E-state index is 13.9. The van der Waals surface area contributed by atoms with E-state index in [0.717, 1.165) is 5.56 Å². The number of ether oxygens (including phenoxy) is 1. The lowest BCUT2D eigenvalue weighted by Crippen LogP contribution is -2.80. The first-order valence-electron chi connectivity index (χ1n) is 13.7. The van der Waals surface area contributed by atoms with Crippen molar-refractivity contribution in [2.75, 3.05) is 6.61 Å². The Balaban J connectivity index is 2.10. The van der Waals surface area contributed by atoms with Crippen molar-refractivity contribution in [1.82, 2.24) is 9.47 Å². The summed E-state index contributed by atoms with van der Waals surface area (Å²) in [5, 5.41) is 0. The largest absolute Gasteiger partial charge is 0.447 e. The molecule has 36 heavy (non-hydrogen) atoms. The second-order valence-electron chi connectivity index (χ2n) is 12.9. The minimum atomic E-state index is -2.23. The van der Waals surface area contributed by atoms with Crippen LogP contribution in [0.5, 0.6) is 0 Å². The molecule has 2 fully saturated rings. The highest BCUT2D eigenvalue weighted by Crippen LogP contribution is 2.47. The zero-order valence-corrected chi connectivity index (χ0v) is 26.2. The zero-order valence-electron chi connectivity index (χ0n) is 24.2. The lowest BCUT2D eigenvalue weighted by atomic mass is 9.85. The fourth-order valence-corrected chi connectivity index (χ4v) is 14.5. The molecule has 6 nitrogen and oxygen atoms in total. The van der Waals surface area contributed by atoms with Crippen molar-refractivity contribution in [2.45, 2.75) is 116 Å². The number of cyclic esters (lactones) is 1. The van der Waals surface area contributed by atoms with Crippen molar-refractivity contribution in [2.24, 2.45) is 5.92 Å². The molecule has 8 heteroatoms. The summed E-state index contributed by atoms with van der Waals surface area (Å²) in [6.07, 6.45) is -0.548. The molecule has 0 saturated carbocycles. The molecule has 2 aliphatic heterocycles. The van der Waals surface area contributed by atoms with Crippen LogP contribution in [-0.4, -0.2) is 62.8 Å². The van der Waals surface area contributed by atoms with E-state index in [1.165, 1.54) is 0 Å². The Bertz CT molecular complexity index is 907. The maximum atomic E-state index is 13.9. The van der Waals surface area contributed by atoms with Crippen LogP contribution >= 0.6 is 0 Å². The van der Waals surface area contributed by atoms with Gasteiger partial charge in [0, 0.05) is 0 Å². The number of β-lactam (4-membered cyclic amide) rings is 1. The van der Waals surface area contributed by atoms with Gasteiger partial charge < -0.3 is 13.7 Å². The van der Waals surface area contributed by atoms with E-state index in [0.29, 0.717) is 16.6 Å². The van der Waals surface area contributed by atoms with Crippen LogP contribution in [0.1, 0.15) is 67.0 Å².